The number of hydrogen-bond acceptors (Lipinski definition) is 9. The summed E-state index contributed by atoms with van der Waals surface area (Å²) in [6.45, 7) is 24.5. The summed E-state index contributed by atoms with van der Waals surface area (Å²) in [6.07, 6.45) is 3.09. The molecule has 1 atom stereocenters. The molecular weight excluding hydrogens is 660 g/mol. The van der Waals surface area contributed by atoms with Gasteiger partial charge in [0.25, 0.3) is 0 Å². The highest BCUT2D eigenvalue weighted by atomic mass is 16.6. The molecule has 12 nitrogen and oxygen atoms in total. The van der Waals surface area contributed by atoms with Crippen LogP contribution in [0.3, 0.4) is 0 Å². The van der Waals surface area contributed by atoms with E-state index in [1.54, 1.807) is 4.90 Å². The summed E-state index contributed by atoms with van der Waals surface area (Å²) in [5.74, 6) is 0. The lowest BCUT2D eigenvalue weighted by Gasteiger charge is -2.42. The van der Waals surface area contributed by atoms with E-state index in [1.165, 1.54) is 5.56 Å². The zero-order valence-corrected chi connectivity index (χ0v) is 33.2. The number of nitrogens with zero attached hydrogens (tertiary/aromatic N) is 5. The Morgan fingerprint density at radius 3 is 2.13 bits per heavy atom. The standard InChI is InChI=1S/C40H62N6O6/c1-29-15-14-19-41-33(29)28-43(20-12-11-18-42-35(47)50-38(2,3)4)27-31-25-32-30(26-46(31)37(49)52-40(8,9)10)16-13-17-34(32)44-21-23-45(24-22-44)36(48)51-39(5,6)7/h13-17,19,31H,11-12,18,20-28H2,1-10H3,(H,42,47)/t31-/m1/s1. The van der Waals surface area contributed by atoms with Crippen molar-refractivity contribution >= 4 is 24.0 Å². The highest BCUT2D eigenvalue weighted by Gasteiger charge is 2.36. The van der Waals surface area contributed by atoms with Crippen molar-refractivity contribution < 1.29 is 28.6 Å². The first kappa shape index (κ1) is 40.7. The molecule has 2 aliphatic heterocycles. The number of aryl methyl sites for hydroxylation is 1. The molecule has 0 spiro atoms. The van der Waals surface area contributed by atoms with Crippen LogP contribution in [-0.2, 0) is 33.7 Å². The number of benzene rings is 1. The molecule has 3 amide bonds. The number of anilines is 1. The van der Waals surface area contributed by atoms with E-state index in [2.05, 4.69) is 46.3 Å². The highest BCUT2D eigenvalue weighted by molar-refractivity contribution is 5.71. The maximum Gasteiger partial charge on any atom is 0.410 e. The molecule has 4 rings (SSSR count). The van der Waals surface area contributed by atoms with Crippen molar-refractivity contribution in [2.45, 2.75) is 124 Å². The van der Waals surface area contributed by atoms with Gasteiger partial charge in [0.05, 0.1) is 11.7 Å². The van der Waals surface area contributed by atoms with E-state index >= 15 is 0 Å². The predicted octanol–water partition coefficient (Wildman–Crippen LogP) is 6.92. The van der Waals surface area contributed by atoms with Gasteiger partial charge in [-0.15, -0.1) is 0 Å². The minimum absolute atomic E-state index is 0.157. The van der Waals surface area contributed by atoms with E-state index < -0.39 is 22.9 Å². The number of amides is 3. The molecule has 1 aromatic heterocycles. The molecule has 2 aromatic rings. The van der Waals surface area contributed by atoms with Crippen molar-refractivity contribution in [2.75, 3.05) is 50.7 Å². The number of carbonyl (C=O) groups excluding carboxylic acids is 3. The Kier molecular flexibility index (Phi) is 13.4. The number of hydrogen-bond donors (Lipinski definition) is 1. The Labute approximate surface area is 311 Å². The number of unbranched alkanes of at least 4 members (excludes halogenated alkanes) is 1. The molecule has 2 aliphatic rings. The van der Waals surface area contributed by atoms with Crippen molar-refractivity contribution in [2.24, 2.45) is 0 Å². The lowest BCUT2D eigenvalue weighted by Crippen LogP contribution is -2.52. The second-order valence-electron chi connectivity index (χ2n) is 17.0. The van der Waals surface area contributed by atoms with E-state index in [4.69, 9.17) is 19.2 Å². The fourth-order valence-corrected chi connectivity index (χ4v) is 6.51. The van der Waals surface area contributed by atoms with Crippen LogP contribution in [0.25, 0.3) is 0 Å². The zero-order chi connectivity index (χ0) is 38.3. The highest BCUT2D eigenvalue weighted by Crippen LogP contribution is 2.34. The average molecular weight is 723 g/mol. The Morgan fingerprint density at radius 2 is 1.50 bits per heavy atom. The predicted molar refractivity (Wildman–Crippen MR) is 203 cm³/mol. The topological polar surface area (TPSA) is 117 Å². The van der Waals surface area contributed by atoms with Crippen LogP contribution in [0.2, 0.25) is 0 Å². The summed E-state index contributed by atoms with van der Waals surface area (Å²) in [4.78, 5) is 51.9. The number of aromatic nitrogens is 1. The van der Waals surface area contributed by atoms with Crippen LogP contribution in [0.4, 0.5) is 20.1 Å². The van der Waals surface area contributed by atoms with Gasteiger partial charge in [0.1, 0.15) is 16.8 Å². The third kappa shape index (κ3) is 12.6. The number of alkyl carbamates (subject to hydrolysis) is 1. The summed E-state index contributed by atoms with van der Waals surface area (Å²) < 4.78 is 17.0. The van der Waals surface area contributed by atoms with Gasteiger partial charge >= 0.3 is 18.3 Å². The molecule has 1 aromatic carbocycles. The number of fused-ring (bicyclic) bond motifs is 1. The van der Waals surface area contributed by atoms with Crippen molar-refractivity contribution in [3.63, 3.8) is 0 Å². The quantitative estimate of drug-likeness (QED) is 0.206. The van der Waals surface area contributed by atoms with Crippen LogP contribution in [0.15, 0.2) is 36.5 Å². The van der Waals surface area contributed by atoms with Crippen LogP contribution in [0, 0.1) is 6.92 Å². The van der Waals surface area contributed by atoms with Crippen LogP contribution >= 0.6 is 0 Å². The molecule has 0 saturated carbocycles. The minimum Gasteiger partial charge on any atom is -0.444 e. The number of rotatable bonds is 10. The van der Waals surface area contributed by atoms with Crippen molar-refractivity contribution in [3.8, 4) is 0 Å². The van der Waals surface area contributed by atoms with Gasteiger partial charge in [-0.1, -0.05) is 18.2 Å². The zero-order valence-electron chi connectivity index (χ0n) is 33.2. The lowest BCUT2D eigenvalue weighted by molar-refractivity contribution is 0.00706. The normalized spacial score (nSPS) is 16.8. The smallest absolute Gasteiger partial charge is 0.410 e. The first-order chi connectivity index (χ1) is 24.3. The van der Waals surface area contributed by atoms with Gasteiger partial charge in [-0.25, -0.2) is 14.4 Å². The van der Waals surface area contributed by atoms with Gasteiger partial charge in [0.15, 0.2) is 0 Å². The molecule has 0 radical (unpaired) electrons. The first-order valence-corrected chi connectivity index (χ1v) is 18.7. The molecular formula is C40H62N6O6. The SMILES string of the molecule is Cc1cccnc1CN(CCCCNC(=O)OC(C)(C)C)C[C@H]1Cc2c(cccc2N2CCN(C(=O)OC(C)(C)C)CC2)CN1C(=O)OC(C)(C)C. The van der Waals surface area contributed by atoms with E-state index in [1.807, 2.05) is 79.5 Å². The molecule has 0 bridgehead atoms. The Balaban J connectivity index is 1.54. The number of ether oxygens (including phenoxy) is 3. The molecule has 1 N–H and O–H groups in total. The molecule has 1 saturated heterocycles. The van der Waals surface area contributed by atoms with Gasteiger partial charge in [-0.05, 0) is 124 Å². The molecule has 0 unspecified atom stereocenters. The second kappa shape index (κ2) is 17.2. The van der Waals surface area contributed by atoms with Gasteiger partial charge in [-0.2, -0.15) is 0 Å². The molecule has 52 heavy (non-hydrogen) atoms. The van der Waals surface area contributed by atoms with Crippen LogP contribution < -0.4 is 10.2 Å². The van der Waals surface area contributed by atoms with E-state index in [9.17, 15) is 14.4 Å². The molecule has 288 valence electrons. The third-order valence-electron chi connectivity index (χ3n) is 8.90. The summed E-state index contributed by atoms with van der Waals surface area (Å²) in [7, 11) is 0. The van der Waals surface area contributed by atoms with E-state index in [0.29, 0.717) is 58.8 Å². The minimum atomic E-state index is -0.635. The largest absolute Gasteiger partial charge is 0.444 e. The Hall–Kier alpha value is -4.06. The van der Waals surface area contributed by atoms with Gasteiger partial charge < -0.3 is 29.3 Å². The Bertz CT molecular complexity index is 1520. The van der Waals surface area contributed by atoms with Crippen LogP contribution in [0.5, 0.6) is 0 Å². The van der Waals surface area contributed by atoms with E-state index in [0.717, 1.165) is 41.9 Å². The number of carbonyl (C=O) groups is 3. The summed E-state index contributed by atoms with van der Waals surface area (Å²) >= 11 is 0. The molecule has 3 heterocycles. The number of piperazine rings is 1. The number of pyridine rings is 1. The molecule has 0 aliphatic carbocycles. The van der Waals surface area contributed by atoms with Crippen molar-refractivity contribution in [1.29, 1.82) is 0 Å². The Morgan fingerprint density at radius 1 is 0.846 bits per heavy atom. The van der Waals surface area contributed by atoms with Crippen molar-refractivity contribution in [3.05, 3.63) is 58.9 Å². The fourth-order valence-electron chi connectivity index (χ4n) is 6.51. The molecule has 1 fully saturated rings. The van der Waals surface area contributed by atoms with Crippen molar-refractivity contribution in [1.82, 2.24) is 25.0 Å². The summed E-state index contributed by atoms with van der Waals surface area (Å²) in [5.41, 5.74) is 3.88. The average Bonchev–Trinajstić information content (AvgIpc) is 3.02. The number of nitrogens with one attached hydrogen (secondary N) is 1. The van der Waals surface area contributed by atoms with Gasteiger partial charge in [0, 0.05) is 64.2 Å². The van der Waals surface area contributed by atoms with Crippen LogP contribution in [0.1, 0.15) is 97.5 Å². The lowest BCUT2D eigenvalue weighted by atomic mass is 9.91. The van der Waals surface area contributed by atoms with Crippen LogP contribution in [-0.4, -0.2) is 107 Å². The monoisotopic (exact) mass is 722 g/mol. The maximum atomic E-state index is 13.8. The molecule has 12 heteroatoms. The third-order valence-corrected chi connectivity index (χ3v) is 8.90. The summed E-state index contributed by atoms with van der Waals surface area (Å²) in [6, 6.07) is 10.2. The summed E-state index contributed by atoms with van der Waals surface area (Å²) in [5, 5.41) is 2.87. The van der Waals surface area contributed by atoms with E-state index in [-0.39, 0.29) is 18.2 Å². The maximum absolute atomic E-state index is 13.8. The van der Waals surface area contributed by atoms with Gasteiger partial charge in [0.2, 0.25) is 0 Å². The fraction of sp³-hybridized carbons (Fsp3) is 0.650. The first-order valence-electron chi connectivity index (χ1n) is 18.7. The van der Waals surface area contributed by atoms with Gasteiger partial charge in [-0.3, -0.25) is 14.8 Å². The second-order valence-corrected chi connectivity index (χ2v) is 17.0.